The second-order valence-electron chi connectivity index (χ2n) is 2.57. The molecule has 0 aliphatic rings. The molecule has 0 aromatic heterocycles. The molecule has 0 saturated heterocycles. The van der Waals surface area contributed by atoms with Gasteiger partial charge >= 0.3 is 0 Å². The lowest BCUT2D eigenvalue weighted by molar-refractivity contribution is -0.118. The van der Waals surface area contributed by atoms with E-state index in [4.69, 9.17) is 0 Å². The van der Waals surface area contributed by atoms with Crippen LogP contribution >= 0.6 is 15.9 Å². The Balaban J connectivity index is 3.12. The average molecular weight is 207 g/mol. The van der Waals surface area contributed by atoms with E-state index in [0.29, 0.717) is 17.0 Å². The van der Waals surface area contributed by atoms with E-state index >= 15 is 0 Å². The second kappa shape index (κ2) is 5.90. The van der Waals surface area contributed by atoms with Gasteiger partial charge in [0.15, 0.2) is 0 Å². The number of carbonyl (C=O) groups is 1. The van der Waals surface area contributed by atoms with E-state index in [9.17, 15) is 4.79 Å². The zero-order valence-corrected chi connectivity index (χ0v) is 8.28. The first-order valence-electron chi connectivity index (χ1n) is 3.82. The Morgan fingerprint density at radius 3 is 2.60 bits per heavy atom. The summed E-state index contributed by atoms with van der Waals surface area (Å²) in [4.78, 5) is 11.3. The van der Waals surface area contributed by atoms with Crippen molar-refractivity contribution in [2.45, 2.75) is 44.4 Å². The third kappa shape index (κ3) is 6.27. The van der Waals surface area contributed by atoms with Crippen molar-refractivity contribution in [1.29, 1.82) is 0 Å². The van der Waals surface area contributed by atoms with Gasteiger partial charge in [-0.1, -0.05) is 29.8 Å². The van der Waals surface area contributed by atoms with Crippen LogP contribution in [-0.4, -0.2) is 10.6 Å². The molecular formula is C8H15BrO. The first kappa shape index (κ1) is 10.2. The normalized spacial score (nSPS) is 13.1. The summed E-state index contributed by atoms with van der Waals surface area (Å²) in [6.45, 7) is 4.02. The summed E-state index contributed by atoms with van der Waals surface area (Å²) in [5, 5.41) is 0. The standard InChI is InChI=1S/C8H15BrO/c1-3-8(10)6-4-5-7(2)9/h7H,3-6H2,1-2H3. The number of Topliss-reactive ketones (excluding diaryl/α,β-unsaturated/α-hetero) is 1. The smallest absolute Gasteiger partial charge is 0.132 e. The van der Waals surface area contributed by atoms with Crippen LogP contribution in [0.15, 0.2) is 0 Å². The van der Waals surface area contributed by atoms with Crippen molar-refractivity contribution in [3.8, 4) is 0 Å². The molecule has 0 aliphatic carbocycles. The van der Waals surface area contributed by atoms with Gasteiger partial charge in [0.1, 0.15) is 5.78 Å². The molecule has 0 bridgehead atoms. The molecule has 0 aliphatic heterocycles. The van der Waals surface area contributed by atoms with Crippen molar-refractivity contribution >= 4 is 21.7 Å². The highest BCUT2D eigenvalue weighted by Crippen LogP contribution is 2.08. The summed E-state index contributed by atoms with van der Waals surface area (Å²) in [5.74, 6) is 0.383. The van der Waals surface area contributed by atoms with Crippen LogP contribution in [0, 0.1) is 0 Å². The second-order valence-corrected chi connectivity index (χ2v) is 4.13. The fraction of sp³-hybridized carbons (Fsp3) is 0.875. The number of alkyl halides is 1. The van der Waals surface area contributed by atoms with Gasteiger partial charge in [0, 0.05) is 17.7 Å². The molecule has 1 atom stereocenters. The van der Waals surface area contributed by atoms with E-state index < -0.39 is 0 Å². The zero-order valence-electron chi connectivity index (χ0n) is 6.69. The van der Waals surface area contributed by atoms with E-state index in [1.54, 1.807) is 0 Å². The number of hydrogen-bond acceptors (Lipinski definition) is 1. The Hall–Kier alpha value is 0.150. The maximum atomic E-state index is 10.8. The molecule has 1 unspecified atom stereocenters. The number of carbonyl (C=O) groups excluding carboxylic acids is 1. The predicted molar refractivity (Wildman–Crippen MR) is 47.5 cm³/mol. The quantitative estimate of drug-likeness (QED) is 0.633. The predicted octanol–water partition coefficient (Wildman–Crippen LogP) is 2.92. The Kier molecular flexibility index (Phi) is 5.99. The molecule has 0 aromatic rings. The summed E-state index contributed by atoms with van der Waals surface area (Å²) < 4.78 is 0. The van der Waals surface area contributed by atoms with Gasteiger partial charge in [-0.3, -0.25) is 4.79 Å². The summed E-state index contributed by atoms with van der Waals surface area (Å²) in [6, 6.07) is 0. The molecule has 2 heteroatoms. The average Bonchev–Trinajstić information content (AvgIpc) is 1.87. The van der Waals surface area contributed by atoms with E-state index in [2.05, 4.69) is 22.9 Å². The SMILES string of the molecule is CCC(=O)CCCC(C)Br. The molecular weight excluding hydrogens is 192 g/mol. The van der Waals surface area contributed by atoms with Crippen molar-refractivity contribution in [2.75, 3.05) is 0 Å². The molecule has 0 aromatic carbocycles. The summed E-state index contributed by atoms with van der Waals surface area (Å²) in [6.07, 6.45) is 3.58. The van der Waals surface area contributed by atoms with Gasteiger partial charge in [0.2, 0.25) is 0 Å². The van der Waals surface area contributed by atoms with Crippen LogP contribution in [0.5, 0.6) is 0 Å². The molecule has 60 valence electrons. The van der Waals surface area contributed by atoms with Crippen LogP contribution in [-0.2, 0) is 4.79 Å². The lowest BCUT2D eigenvalue weighted by Gasteiger charge is -2.00. The third-order valence-electron chi connectivity index (χ3n) is 1.45. The van der Waals surface area contributed by atoms with Gasteiger partial charge in [-0.15, -0.1) is 0 Å². The zero-order chi connectivity index (χ0) is 7.98. The van der Waals surface area contributed by atoms with Gasteiger partial charge in [-0.05, 0) is 12.8 Å². The minimum atomic E-state index is 0.383. The topological polar surface area (TPSA) is 17.1 Å². The maximum Gasteiger partial charge on any atom is 0.132 e. The fourth-order valence-corrected chi connectivity index (χ4v) is 1.08. The molecule has 0 N–H and O–H groups in total. The van der Waals surface area contributed by atoms with Crippen molar-refractivity contribution in [1.82, 2.24) is 0 Å². The highest BCUT2D eigenvalue weighted by atomic mass is 79.9. The summed E-state index contributed by atoms with van der Waals surface area (Å²) in [7, 11) is 0. The highest BCUT2D eigenvalue weighted by Gasteiger charge is 1.99. The van der Waals surface area contributed by atoms with Crippen molar-refractivity contribution in [2.24, 2.45) is 0 Å². The Labute approximate surface area is 71.3 Å². The number of rotatable bonds is 5. The highest BCUT2D eigenvalue weighted by molar-refractivity contribution is 9.09. The van der Waals surface area contributed by atoms with Gasteiger partial charge in [0.05, 0.1) is 0 Å². The van der Waals surface area contributed by atoms with Crippen molar-refractivity contribution < 1.29 is 4.79 Å². The van der Waals surface area contributed by atoms with Gasteiger partial charge < -0.3 is 0 Å². The molecule has 10 heavy (non-hydrogen) atoms. The lowest BCUT2D eigenvalue weighted by Crippen LogP contribution is -1.97. The first-order chi connectivity index (χ1) is 4.66. The van der Waals surface area contributed by atoms with Gasteiger partial charge in [-0.2, -0.15) is 0 Å². The molecule has 0 fully saturated rings. The van der Waals surface area contributed by atoms with E-state index in [-0.39, 0.29) is 0 Å². The first-order valence-corrected chi connectivity index (χ1v) is 4.74. The van der Waals surface area contributed by atoms with E-state index in [1.165, 1.54) is 0 Å². The summed E-state index contributed by atoms with van der Waals surface area (Å²) in [5.41, 5.74) is 0. The molecule has 0 saturated carbocycles. The fourth-order valence-electron chi connectivity index (χ4n) is 0.757. The number of halogens is 1. The molecule has 0 amide bonds. The van der Waals surface area contributed by atoms with Crippen LogP contribution < -0.4 is 0 Å². The Bertz CT molecular complexity index is 99.4. The maximum absolute atomic E-state index is 10.8. The van der Waals surface area contributed by atoms with Crippen LogP contribution in [0.4, 0.5) is 0 Å². The lowest BCUT2D eigenvalue weighted by atomic mass is 10.1. The van der Waals surface area contributed by atoms with Gasteiger partial charge in [0.25, 0.3) is 0 Å². The van der Waals surface area contributed by atoms with Crippen LogP contribution in [0.25, 0.3) is 0 Å². The van der Waals surface area contributed by atoms with Crippen molar-refractivity contribution in [3.05, 3.63) is 0 Å². The minimum Gasteiger partial charge on any atom is -0.300 e. The summed E-state index contributed by atoms with van der Waals surface area (Å²) >= 11 is 3.44. The third-order valence-corrected chi connectivity index (χ3v) is 1.91. The van der Waals surface area contributed by atoms with Crippen molar-refractivity contribution in [3.63, 3.8) is 0 Å². The molecule has 0 rings (SSSR count). The number of ketones is 1. The van der Waals surface area contributed by atoms with Gasteiger partial charge in [-0.25, -0.2) is 0 Å². The number of hydrogen-bond donors (Lipinski definition) is 0. The monoisotopic (exact) mass is 206 g/mol. The minimum absolute atomic E-state index is 0.383. The van der Waals surface area contributed by atoms with E-state index in [0.717, 1.165) is 19.3 Å². The molecule has 0 spiro atoms. The molecule has 0 heterocycles. The molecule has 1 nitrogen and oxygen atoms in total. The Morgan fingerprint density at radius 2 is 2.20 bits per heavy atom. The largest absolute Gasteiger partial charge is 0.300 e. The van der Waals surface area contributed by atoms with Crippen LogP contribution in [0.2, 0.25) is 0 Å². The van der Waals surface area contributed by atoms with Crippen LogP contribution in [0.3, 0.4) is 0 Å². The Morgan fingerprint density at radius 1 is 1.60 bits per heavy atom. The van der Waals surface area contributed by atoms with E-state index in [1.807, 2.05) is 6.92 Å². The molecule has 0 radical (unpaired) electrons. The van der Waals surface area contributed by atoms with Crippen LogP contribution in [0.1, 0.15) is 39.5 Å².